The first-order chi connectivity index (χ1) is 8.75. The maximum absolute atomic E-state index is 11.5. The third-order valence-electron chi connectivity index (χ3n) is 3.21. The first kappa shape index (κ1) is 15.0. The summed E-state index contributed by atoms with van der Waals surface area (Å²) in [6, 6.07) is 0. The van der Waals surface area contributed by atoms with Crippen LogP contribution in [0.4, 0.5) is 0 Å². The van der Waals surface area contributed by atoms with Gasteiger partial charge in [-0.15, -0.1) is 0 Å². The lowest BCUT2D eigenvalue weighted by Crippen LogP contribution is -2.22. The zero-order chi connectivity index (χ0) is 13.2. The lowest BCUT2D eigenvalue weighted by molar-refractivity contribution is -0.156. The second-order valence-corrected chi connectivity index (χ2v) is 4.80. The molecule has 1 aliphatic rings. The molecule has 1 aliphatic heterocycles. The molecule has 0 saturated carbocycles. The van der Waals surface area contributed by atoms with Gasteiger partial charge in [0.2, 0.25) is 0 Å². The van der Waals surface area contributed by atoms with Crippen molar-refractivity contribution in [3.8, 4) is 0 Å². The zero-order valence-electron chi connectivity index (χ0n) is 11.3. The molecule has 0 spiro atoms. The Balaban J connectivity index is 1.94. The Morgan fingerprint density at radius 3 is 2.50 bits per heavy atom. The van der Waals surface area contributed by atoms with E-state index < -0.39 is 17.9 Å². The minimum atomic E-state index is -0.672. The van der Waals surface area contributed by atoms with Crippen molar-refractivity contribution in [1.29, 1.82) is 0 Å². The number of cyclic esters (lactones) is 1. The molecule has 0 aromatic rings. The molecule has 0 aromatic carbocycles. The Kier molecular flexibility index (Phi) is 7.46. The molecule has 18 heavy (non-hydrogen) atoms. The van der Waals surface area contributed by atoms with Gasteiger partial charge < -0.3 is 9.47 Å². The van der Waals surface area contributed by atoms with Crippen LogP contribution in [-0.2, 0) is 19.1 Å². The van der Waals surface area contributed by atoms with Crippen LogP contribution < -0.4 is 0 Å². The summed E-state index contributed by atoms with van der Waals surface area (Å²) in [5.74, 6) is -1.52. The monoisotopic (exact) mass is 256 g/mol. The topological polar surface area (TPSA) is 52.6 Å². The summed E-state index contributed by atoms with van der Waals surface area (Å²) in [7, 11) is 0. The van der Waals surface area contributed by atoms with Crippen LogP contribution in [0, 0.1) is 5.92 Å². The second kappa shape index (κ2) is 8.95. The molecule has 104 valence electrons. The van der Waals surface area contributed by atoms with Crippen LogP contribution in [0.5, 0.6) is 0 Å². The van der Waals surface area contributed by atoms with Gasteiger partial charge in [0.25, 0.3) is 0 Å². The Morgan fingerprint density at radius 1 is 1.22 bits per heavy atom. The van der Waals surface area contributed by atoms with Gasteiger partial charge in [0.05, 0.1) is 13.2 Å². The number of unbranched alkanes of at least 4 members (excludes halogenated alkanes) is 6. The minimum Gasteiger partial charge on any atom is -0.465 e. The van der Waals surface area contributed by atoms with Crippen LogP contribution in [0.2, 0.25) is 0 Å². The largest absolute Gasteiger partial charge is 0.465 e. The number of hydrogen-bond donors (Lipinski definition) is 0. The van der Waals surface area contributed by atoms with Gasteiger partial charge in [-0.2, -0.15) is 0 Å². The van der Waals surface area contributed by atoms with Gasteiger partial charge in [0.1, 0.15) is 0 Å². The number of ether oxygens (including phenoxy) is 2. The van der Waals surface area contributed by atoms with Gasteiger partial charge in [-0.25, -0.2) is 0 Å². The molecule has 0 aliphatic carbocycles. The summed E-state index contributed by atoms with van der Waals surface area (Å²) in [5.41, 5.74) is 0. The normalized spacial score (nSPS) is 18.7. The van der Waals surface area contributed by atoms with Crippen LogP contribution in [0.25, 0.3) is 0 Å². The maximum atomic E-state index is 11.5. The van der Waals surface area contributed by atoms with Crippen molar-refractivity contribution < 1.29 is 19.1 Å². The molecule has 1 saturated heterocycles. The van der Waals surface area contributed by atoms with E-state index in [4.69, 9.17) is 9.47 Å². The summed E-state index contributed by atoms with van der Waals surface area (Å²) in [6.45, 7) is 2.97. The molecule has 0 bridgehead atoms. The number of hydrogen-bond acceptors (Lipinski definition) is 4. The summed E-state index contributed by atoms with van der Waals surface area (Å²) in [6.07, 6.45) is 8.76. The highest BCUT2D eigenvalue weighted by Gasteiger charge is 2.34. The molecule has 1 atom stereocenters. The predicted octanol–water partition coefficient (Wildman–Crippen LogP) is 2.84. The summed E-state index contributed by atoms with van der Waals surface area (Å²) in [4.78, 5) is 22.6. The average molecular weight is 256 g/mol. The summed E-state index contributed by atoms with van der Waals surface area (Å²) < 4.78 is 9.81. The maximum Gasteiger partial charge on any atom is 0.320 e. The van der Waals surface area contributed by atoms with Crippen LogP contribution in [-0.4, -0.2) is 25.2 Å². The Morgan fingerprint density at radius 2 is 1.89 bits per heavy atom. The van der Waals surface area contributed by atoms with Crippen molar-refractivity contribution in [2.45, 2.75) is 58.3 Å². The molecular formula is C14H24O4. The van der Waals surface area contributed by atoms with Crippen molar-refractivity contribution in [1.82, 2.24) is 0 Å². The van der Waals surface area contributed by atoms with E-state index in [0.29, 0.717) is 19.6 Å². The van der Waals surface area contributed by atoms with Gasteiger partial charge in [-0.1, -0.05) is 45.4 Å². The van der Waals surface area contributed by atoms with Crippen LogP contribution in [0.15, 0.2) is 0 Å². The molecule has 0 N–H and O–H groups in total. The van der Waals surface area contributed by atoms with E-state index in [1.54, 1.807) is 0 Å². The third kappa shape index (κ3) is 5.52. The number of carbonyl (C=O) groups is 2. The summed E-state index contributed by atoms with van der Waals surface area (Å²) in [5, 5.41) is 0. The van der Waals surface area contributed by atoms with Gasteiger partial charge in [-0.3, -0.25) is 9.59 Å². The Bertz CT molecular complexity index is 263. The van der Waals surface area contributed by atoms with E-state index in [9.17, 15) is 9.59 Å². The zero-order valence-corrected chi connectivity index (χ0v) is 11.3. The van der Waals surface area contributed by atoms with E-state index in [-0.39, 0.29) is 0 Å². The highest BCUT2D eigenvalue weighted by atomic mass is 16.6. The van der Waals surface area contributed by atoms with Crippen molar-refractivity contribution in [3.05, 3.63) is 0 Å². The Hall–Kier alpha value is -1.06. The highest BCUT2D eigenvalue weighted by Crippen LogP contribution is 2.16. The molecule has 1 rings (SSSR count). The standard InChI is InChI=1S/C14H24O4/c1-2-3-4-5-6-7-8-10-17-13(15)12-9-11-18-14(12)16/h12H,2-11H2,1H3. The molecule has 4 heteroatoms. The van der Waals surface area contributed by atoms with E-state index in [0.717, 1.165) is 12.8 Å². The quantitative estimate of drug-likeness (QED) is 0.361. The number of esters is 2. The third-order valence-corrected chi connectivity index (χ3v) is 3.21. The molecule has 1 fully saturated rings. The molecule has 0 aromatic heterocycles. The number of carbonyl (C=O) groups excluding carboxylic acids is 2. The first-order valence-corrected chi connectivity index (χ1v) is 7.09. The highest BCUT2D eigenvalue weighted by molar-refractivity contribution is 5.95. The fraction of sp³-hybridized carbons (Fsp3) is 0.857. The van der Waals surface area contributed by atoms with E-state index in [2.05, 4.69) is 6.92 Å². The fourth-order valence-corrected chi connectivity index (χ4v) is 2.04. The summed E-state index contributed by atoms with van der Waals surface area (Å²) >= 11 is 0. The van der Waals surface area contributed by atoms with Gasteiger partial charge in [-0.05, 0) is 6.42 Å². The lowest BCUT2D eigenvalue weighted by Gasteiger charge is -2.07. The molecule has 0 amide bonds. The Labute approximate surface area is 109 Å². The van der Waals surface area contributed by atoms with Crippen LogP contribution in [0.1, 0.15) is 58.3 Å². The molecule has 0 radical (unpaired) electrons. The first-order valence-electron chi connectivity index (χ1n) is 7.09. The van der Waals surface area contributed by atoms with Gasteiger partial charge >= 0.3 is 11.9 Å². The van der Waals surface area contributed by atoms with Crippen molar-refractivity contribution in [2.24, 2.45) is 5.92 Å². The molecular weight excluding hydrogens is 232 g/mol. The van der Waals surface area contributed by atoms with Gasteiger partial charge in [0.15, 0.2) is 5.92 Å². The average Bonchev–Trinajstić information content (AvgIpc) is 2.79. The number of rotatable bonds is 9. The minimum absolute atomic E-state index is 0.343. The van der Waals surface area contributed by atoms with Crippen molar-refractivity contribution >= 4 is 11.9 Å². The second-order valence-electron chi connectivity index (χ2n) is 4.80. The SMILES string of the molecule is CCCCCCCCCOC(=O)C1CCOC1=O. The lowest BCUT2D eigenvalue weighted by atomic mass is 10.1. The molecule has 4 nitrogen and oxygen atoms in total. The van der Waals surface area contributed by atoms with Gasteiger partial charge in [0, 0.05) is 6.42 Å². The van der Waals surface area contributed by atoms with E-state index in [1.165, 1.54) is 32.1 Å². The van der Waals surface area contributed by atoms with Crippen LogP contribution >= 0.6 is 0 Å². The van der Waals surface area contributed by atoms with Crippen molar-refractivity contribution in [2.75, 3.05) is 13.2 Å². The fourth-order valence-electron chi connectivity index (χ4n) is 2.04. The predicted molar refractivity (Wildman–Crippen MR) is 68.0 cm³/mol. The van der Waals surface area contributed by atoms with E-state index in [1.807, 2.05) is 0 Å². The molecule has 1 unspecified atom stereocenters. The molecule has 1 heterocycles. The smallest absolute Gasteiger partial charge is 0.320 e. The van der Waals surface area contributed by atoms with E-state index >= 15 is 0 Å². The van der Waals surface area contributed by atoms with Crippen LogP contribution in [0.3, 0.4) is 0 Å². The van der Waals surface area contributed by atoms with Crippen molar-refractivity contribution in [3.63, 3.8) is 0 Å².